The normalized spacial score (nSPS) is 13.2. The maximum atomic E-state index is 13.2. The highest BCUT2D eigenvalue weighted by Gasteiger charge is 2.31. The lowest BCUT2D eigenvalue weighted by atomic mass is 9.96. The van der Waals surface area contributed by atoms with E-state index < -0.39 is 48.0 Å². The fourth-order valence-corrected chi connectivity index (χ4v) is 4.69. The number of nitrogens with one attached hydrogen (secondary N) is 2. The average molecular weight is 545 g/mol. The van der Waals surface area contributed by atoms with Gasteiger partial charge < -0.3 is 25.2 Å². The number of rotatable bonds is 15. The molecule has 0 spiro atoms. The van der Waals surface area contributed by atoms with Crippen molar-refractivity contribution in [1.82, 2.24) is 10.6 Å². The zero-order chi connectivity index (χ0) is 28.2. The van der Waals surface area contributed by atoms with E-state index in [-0.39, 0.29) is 11.7 Å². The van der Waals surface area contributed by atoms with Crippen LogP contribution >= 0.6 is 11.8 Å². The van der Waals surface area contributed by atoms with Crippen molar-refractivity contribution in [2.24, 2.45) is 5.92 Å². The molecule has 2 aromatic rings. The smallest absolute Gasteiger partial charge is 0.305 e. The second-order valence-corrected chi connectivity index (χ2v) is 10.1. The number of Topliss-reactive ketones (excluding diaryl/α,β-unsaturated/α-hetero) is 1. The number of carbonyl (C=O) groups is 4. The third kappa shape index (κ3) is 9.09. The number of methoxy groups -OCH3 is 2. The lowest BCUT2D eigenvalue weighted by Crippen LogP contribution is -2.54. The van der Waals surface area contributed by atoms with Crippen molar-refractivity contribution in [3.05, 3.63) is 59.7 Å². The summed E-state index contributed by atoms with van der Waals surface area (Å²) in [5.74, 6) is -1.99. The van der Waals surface area contributed by atoms with Gasteiger partial charge in [0.15, 0.2) is 5.78 Å². The summed E-state index contributed by atoms with van der Waals surface area (Å²) in [6.45, 7) is 5.19. The summed E-state index contributed by atoms with van der Waals surface area (Å²) in [5, 5.41) is 14.6. The molecule has 0 aliphatic heterocycles. The number of ether oxygens (including phenoxy) is 2. The molecule has 38 heavy (non-hydrogen) atoms. The molecule has 0 saturated heterocycles. The standard InChI is InChI=1S/C28H36N2O7S/c1-17(2)26(30-27(34)18(3)21-13-20(36-4)11-12-24(21)37-5)28(35)29-22(14-25(32)33)23(31)16-38-15-19-9-7-6-8-10-19/h6-13,17-18,22,26H,14-16H2,1-5H3,(H,29,35)(H,30,34)(H,32,33)/t18?,22?,26-/m0/s1. The topological polar surface area (TPSA) is 131 Å². The zero-order valence-corrected chi connectivity index (χ0v) is 23.2. The first kappa shape index (κ1) is 30.7. The van der Waals surface area contributed by atoms with Crippen molar-refractivity contribution in [2.45, 2.75) is 50.9 Å². The molecule has 0 saturated carbocycles. The lowest BCUT2D eigenvalue weighted by Gasteiger charge is -2.26. The number of carboxylic acid groups (broad SMARTS) is 1. The van der Waals surface area contributed by atoms with Crippen LogP contribution < -0.4 is 20.1 Å². The summed E-state index contributed by atoms with van der Waals surface area (Å²) >= 11 is 1.34. The molecule has 0 aromatic heterocycles. The van der Waals surface area contributed by atoms with E-state index >= 15 is 0 Å². The van der Waals surface area contributed by atoms with Crippen molar-refractivity contribution in [3.63, 3.8) is 0 Å². The third-order valence-electron chi connectivity index (χ3n) is 5.98. The van der Waals surface area contributed by atoms with Gasteiger partial charge in [-0.3, -0.25) is 19.2 Å². The molecule has 2 aromatic carbocycles. The van der Waals surface area contributed by atoms with E-state index in [1.165, 1.54) is 26.0 Å². The Morgan fingerprint density at radius 3 is 2.18 bits per heavy atom. The van der Waals surface area contributed by atoms with E-state index in [1.807, 2.05) is 30.3 Å². The van der Waals surface area contributed by atoms with Crippen LogP contribution in [0.25, 0.3) is 0 Å². The largest absolute Gasteiger partial charge is 0.497 e. The summed E-state index contributed by atoms with van der Waals surface area (Å²) in [6, 6.07) is 12.5. The second kappa shape index (κ2) is 15.0. The third-order valence-corrected chi connectivity index (χ3v) is 7.01. The molecule has 3 atom stereocenters. The average Bonchev–Trinajstić information content (AvgIpc) is 2.90. The second-order valence-electron chi connectivity index (χ2n) is 9.16. The van der Waals surface area contributed by atoms with Gasteiger partial charge >= 0.3 is 5.97 Å². The minimum absolute atomic E-state index is 0.0402. The highest BCUT2D eigenvalue weighted by Crippen LogP contribution is 2.30. The van der Waals surface area contributed by atoms with Gasteiger partial charge in [-0.15, -0.1) is 11.8 Å². The molecule has 2 rings (SSSR count). The van der Waals surface area contributed by atoms with Crippen LogP contribution in [0.15, 0.2) is 48.5 Å². The summed E-state index contributed by atoms with van der Waals surface area (Å²) in [5.41, 5.74) is 1.62. The summed E-state index contributed by atoms with van der Waals surface area (Å²) in [4.78, 5) is 50.6. The lowest BCUT2D eigenvalue weighted by molar-refractivity contribution is -0.140. The Balaban J connectivity index is 2.10. The number of carboxylic acids is 1. The number of benzene rings is 2. The number of thioether (sulfide) groups is 1. The number of aliphatic carboxylic acids is 1. The Morgan fingerprint density at radius 1 is 0.921 bits per heavy atom. The van der Waals surface area contributed by atoms with Gasteiger partial charge in [-0.25, -0.2) is 0 Å². The molecule has 10 heteroatoms. The van der Waals surface area contributed by atoms with Crippen molar-refractivity contribution in [1.29, 1.82) is 0 Å². The highest BCUT2D eigenvalue weighted by molar-refractivity contribution is 7.99. The van der Waals surface area contributed by atoms with Crippen molar-refractivity contribution >= 4 is 35.3 Å². The van der Waals surface area contributed by atoms with Crippen LogP contribution in [0.4, 0.5) is 0 Å². The van der Waals surface area contributed by atoms with Gasteiger partial charge in [0, 0.05) is 11.3 Å². The fourth-order valence-electron chi connectivity index (χ4n) is 3.76. The Bertz CT molecular complexity index is 1110. The molecule has 3 N–H and O–H groups in total. The molecule has 0 fully saturated rings. The molecule has 2 amide bonds. The Kier molecular flexibility index (Phi) is 12.1. The van der Waals surface area contributed by atoms with Gasteiger partial charge in [-0.2, -0.15) is 0 Å². The van der Waals surface area contributed by atoms with Gasteiger partial charge in [0.25, 0.3) is 0 Å². The molecule has 0 radical (unpaired) electrons. The maximum Gasteiger partial charge on any atom is 0.305 e. The summed E-state index contributed by atoms with van der Waals surface area (Å²) < 4.78 is 10.6. The number of hydrogen-bond acceptors (Lipinski definition) is 7. The van der Waals surface area contributed by atoms with Crippen LogP contribution in [0.5, 0.6) is 11.5 Å². The van der Waals surface area contributed by atoms with Crippen LogP contribution in [0.1, 0.15) is 44.2 Å². The van der Waals surface area contributed by atoms with E-state index in [4.69, 9.17) is 9.47 Å². The van der Waals surface area contributed by atoms with Gasteiger partial charge in [-0.1, -0.05) is 44.2 Å². The minimum Gasteiger partial charge on any atom is -0.497 e. The van der Waals surface area contributed by atoms with Crippen LogP contribution in [0, 0.1) is 5.92 Å². The van der Waals surface area contributed by atoms with E-state index in [1.54, 1.807) is 39.0 Å². The number of ketones is 1. The van der Waals surface area contributed by atoms with E-state index in [0.29, 0.717) is 22.8 Å². The maximum absolute atomic E-state index is 13.2. The number of carbonyl (C=O) groups excluding carboxylic acids is 3. The Labute approximate surface area is 227 Å². The van der Waals surface area contributed by atoms with Gasteiger partial charge in [-0.05, 0) is 36.6 Å². The van der Waals surface area contributed by atoms with Crippen molar-refractivity contribution < 1.29 is 33.8 Å². The monoisotopic (exact) mass is 544 g/mol. The van der Waals surface area contributed by atoms with Gasteiger partial charge in [0.1, 0.15) is 17.5 Å². The van der Waals surface area contributed by atoms with E-state index in [9.17, 15) is 24.3 Å². The highest BCUT2D eigenvalue weighted by atomic mass is 32.2. The molecular formula is C28H36N2O7S. The first-order valence-corrected chi connectivity index (χ1v) is 13.4. The summed E-state index contributed by atoms with van der Waals surface area (Å²) in [6.07, 6.45) is -0.549. The molecule has 0 aliphatic rings. The van der Waals surface area contributed by atoms with Crippen LogP contribution in [0.2, 0.25) is 0 Å². The molecule has 0 heterocycles. The molecule has 0 bridgehead atoms. The molecule has 0 aliphatic carbocycles. The van der Waals surface area contributed by atoms with Crippen LogP contribution in [-0.2, 0) is 24.9 Å². The minimum atomic E-state index is -1.21. The SMILES string of the molecule is COc1ccc(OC)c(C(C)C(=O)N[C@H](C(=O)NC(CC(=O)O)C(=O)CSCc2ccccc2)C(C)C)c1. The predicted octanol–water partition coefficient (Wildman–Crippen LogP) is 3.41. The zero-order valence-electron chi connectivity index (χ0n) is 22.4. The Hall–Kier alpha value is -3.53. The fraction of sp³-hybridized carbons (Fsp3) is 0.429. The quantitative estimate of drug-likeness (QED) is 0.311. The number of hydrogen-bond donors (Lipinski definition) is 3. The van der Waals surface area contributed by atoms with Crippen molar-refractivity contribution in [2.75, 3.05) is 20.0 Å². The van der Waals surface area contributed by atoms with Crippen LogP contribution in [-0.4, -0.2) is 60.7 Å². The van der Waals surface area contributed by atoms with Crippen molar-refractivity contribution in [3.8, 4) is 11.5 Å². The molecule has 9 nitrogen and oxygen atoms in total. The van der Waals surface area contributed by atoms with E-state index in [0.717, 1.165) is 5.56 Å². The van der Waals surface area contributed by atoms with Gasteiger partial charge in [0.2, 0.25) is 11.8 Å². The van der Waals surface area contributed by atoms with Crippen LogP contribution in [0.3, 0.4) is 0 Å². The molecule has 2 unspecified atom stereocenters. The predicted molar refractivity (Wildman–Crippen MR) is 147 cm³/mol. The van der Waals surface area contributed by atoms with Gasteiger partial charge in [0.05, 0.1) is 38.4 Å². The molecular weight excluding hydrogens is 508 g/mol. The molecule has 206 valence electrons. The van der Waals surface area contributed by atoms with E-state index in [2.05, 4.69) is 10.6 Å². The number of amides is 2. The summed E-state index contributed by atoms with van der Waals surface area (Å²) in [7, 11) is 3.02. The Morgan fingerprint density at radius 2 is 1.61 bits per heavy atom. The first-order chi connectivity index (χ1) is 18.1. The first-order valence-electron chi connectivity index (χ1n) is 12.3.